The van der Waals surface area contributed by atoms with Gasteiger partial charge in [-0.1, -0.05) is 42.5 Å². The summed E-state index contributed by atoms with van der Waals surface area (Å²) < 4.78 is 18.6. The fourth-order valence-corrected chi connectivity index (χ4v) is 2.63. The van der Waals surface area contributed by atoms with Crippen LogP contribution in [0.3, 0.4) is 0 Å². The van der Waals surface area contributed by atoms with Crippen LogP contribution in [0.4, 0.5) is 4.39 Å². The number of rotatable bonds is 6. The molecule has 3 rings (SSSR count). The predicted octanol–water partition coefficient (Wildman–Crippen LogP) is 3.69. The molecule has 0 spiro atoms. The van der Waals surface area contributed by atoms with Gasteiger partial charge in [0, 0.05) is 25.5 Å². The number of hydrogen-bond donors (Lipinski definition) is 1. The summed E-state index contributed by atoms with van der Waals surface area (Å²) in [5.74, 6) is 0.944. The fourth-order valence-electron chi connectivity index (χ4n) is 2.63. The van der Waals surface area contributed by atoms with E-state index in [-0.39, 0.29) is 18.1 Å². The number of benzene rings is 2. The minimum atomic E-state index is -0.307. The number of nitrogens with one attached hydrogen (secondary N) is 1. The van der Waals surface area contributed by atoms with Gasteiger partial charge in [-0.3, -0.25) is 4.79 Å². The van der Waals surface area contributed by atoms with Crippen LogP contribution < -0.4 is 5.32 Å². The van der Waals surface area contributed by atoms with Gasteiger partial charge in [0.1, 0.15) is 17.3 Å². The van der Waals surface area contributed by atoms with Gasteiger partial charge in [-0.05, 0) is 17.7 Å². The van der Waals surface area contributed by atoms with Gasteiger partial charge in [0.05, 0.1) is 6.42 Å². The van der Waals surface area contributed by atoms with Crippen molar-refractivity contribution in [2.45, 2.75) is 19.8 Å². The number of carbonyl (C=O) groups is 1. The van der Waals surface area contributed by atoms with Crippen molar-refractivity contribution in [2.24, 2.45) is 0 Å². The molecule has 0 unspecified atom stereocenters. The average Bonchev–Trinajstić information content (AvgIpc) is 2.98. The lowest BCUT2D eigenvalue weighted by atomic mass is 10.1. The van der Waals surface area contributed by atoms with Gasteiger partial charge in [0.25, 0.3) is 0 Å². The molecule has 0 bridgehead atoms. The predicted molar refractivity (Wildman–Crippen MR) is 93.5 cm³/mol. The second kappa shape index (κ2) is 7.75. The molecule has 0 aliphatic rings. The van der Waals surface area contributed by atoms with Crippen molar-refractivity contribution >= 4 is 5.91 Å². The Morgan fingerprint density at radius 2 is 1.84 bits per heavy atom. The summed E-state index contributed by atoms with van der Waals surface area (Å²) in [7, 11) is 0. The van der Waals surface area contributed by atoms with Gasteiger partial charge in [0.15, 0.2) is 5.89 Å². The summed E-state index contributed by atoms with van der Waals surface area (Å²) in [5, 5.41) is 2.86. The largest absolute Gasteiger partial charge is 0.445 e. The van der Waals surface area contributed by atoms with E-state index in [1.807, 2.05) is 37.3 Å². The zero-order chi connectivity index (χ0) is 17.6. The number of amides is 1. The first-order valence-electron chi connectivity index (χ1n) is 8.14. The van der Waals surface area contributed by atoms with E-state index in [0.29, 0.717) is 18.9 Å². The molecule has 128 valence electrons. The third-order valence-electron chi connectivity index (χ3n) is 3.80. The third kappa shape index (κ3) is 4.53. The standard InChI is InChI=1S/C20H19FN2O2/c1-14-23-20(16-5-3-2-4-6-16)18(25-14)11-12-22-19(24)13-15-7-9-17(21)10-8-15/h2-10H,11-13H2,1H3,(H,22,24). The van der Waals surface area contributed by atoms with E-state index in [2.05, 4.69) is 10.3 Å². The molecule has 0 saturated heterocycles. The van der Waals surface area contributed by atoms with Gasteiger partial charge in [-0.2, -0.15) is 0 Å². The van der Waals surface area contributed by atoms with Crippen LogP contribution in [0.5, 0.6) is 0 Å². The molecular weight excluding hydrogens is 319 g/mol. The van der Waals surface area contributed by atoms with Gasteiger partial charge >= 0.3 is 0 Å². The first-order valence-corrected chi connectivity index (χ1v) is 8.14. The summed E-state index contributed by atoms with van der Waals surface area (Å²) in [6.45, 7) is 2.26. The molecule has 0 aliphatic heterocycles. The SMILES string of the molecule is Cc1nc(-c2ccccc2)c(CCNC(=O)Cc2ccc(F)cc2)o1. The van der Waals surface area contributed by atoms with Crippen molar-refractivity contribution in [3.05, 3.63) is 77.6 Å². The van der Waals surface area contributed by atoms with Gasteiger partial charge in [0.2, 0.25) is 5.91 Å². The first kappa shape index (κ1) is 16.9. The second-order valence-corrected chi connectivity index (χ2v) is 5.77. The van der Waals surface area contributed by atoms with Crippen LogP contribution >= 0.6 is 0 Å². The van der Waals surface area contributed by atoms with Gasteiger partial charge in [-0.25, -0.2) is 9.37 Å². The molecule has 25 heavy (non-hydrogen) atoms. The molecule has 0 saturated carbocycles. The highest BCUT2D eigenvalue weighted by Gasteiger charge is 2.13. The van der Waals surface area contributed by atoms with Crippen molar-refractivity contribution in [3.63, 3.8) is 0 Å². The van der Waals surface area contributed by atoms with Crippen molar-refractivity contribution in [1.29, 1.82) is 0 Å². The number of halogens is 1. The molecule has 1 aromatic heterocycles. The Morgan fingerprint density at radius 1 is 1.12 bits per heavy atom. The van der Waals surface area contributed by atoms with Crippen molar-refractivity contribution in [2.75, 3.05) is 6.54 Å². The second-order valence-electron chi connectivity index (χ2n) is 5.77. The highest BCUT2D eigenvalue weighted by molar-refractivity contribution is 5.78. The number of aromatic nitrogens is 1. The molecule has 1 amide bonds. The lowest BCUT2D eigenvalue weighted by Crippen LogP contribution is -2.27. The van der Waals surface area contributed by atoms with E-state index >= 15 is 0 Å². The lowest BCUT2D eigenvalue weighted by Gasteiger charge is -2.05. The first-order chi connectivity index (χ1) is 12.1. The summed E-state index contributed by atoms with van der Waals surface area (Å²) in [6, 6.07) is 15.7. The Balaban J connectivity index is 1.57. The molecule has 0 fully saturated rings. The molecular formula is C20H19FN2O2. The molecule has 0 atom stereocenters. The maximum absolute atomic E-state index is 12.9. The molecule has 1 heterocycles. The summed E-state index contributed by atoms with van der Waals surface area (Å²) in [6.07, 6.45) is 0.779. The van der Waals surface area contributed by atoms with Crippen LogP contribution in [0.15, 0.2) is 59.0 Å². The van der Waals surface area contributed by atoms with E-state index in [1.54, 1.807) is 12.1 Å². The number of hydrogen-bond acceptors (Lipinski definition) is 3. The number of nitrogens with zero attached hydrogens (tertiary/aromatic N) is 1. The Labute approximate surface area is 145 Å². The zero-order valence-electron chi connectivity index (χ0n) is 14.0. The Hall–Kier alpha value is -2.95. The number of oxazole rings is 1. The summed E-state index contributed by atoms with van der Waals surface area (Å²) in [5.41, 5.74) is 2.58. The lowest BCUT2D eigenvalue weighted by molar-refractivity contribution is -0.120. The van der Waals surface area contributed by atoms with E-state index in [4.69, 9.17) is 4.42 Å². The highest BCUT2D eigenvalue weighted by Crippen LogP contribution is 2.23. The Morgan fingerprint density at radius 3 is 2.56 bits per heavy atom. The maximum Gasteiger partial charge on any atom is 0.224 e. The highest BCUT2D eigenvalue weighted by atomic mass is 19.1. The fraction of sp³-hybridized carbons (Fsp3) is 0.200. The molecule has 4 nitrogen and oxygen atoms in total. The van der Waals surface area contributed by atoms with Crippen molar-refractivity contribution < 1.29 is 13.6 Å². The topological polar surface area (TPSA) is 55.1 Å². The monoisotopic (exact) mass is 338 g/mol. The summed E-state index contributed by atoms with van der Waals surface area (Å²) >= 11 is 0. The van der Waals surface area contributed by atoms with Crippen LogP contribution in [-0.4, -0.2) is 17.4 Å². The van der Waals surface area contributed by atoms with Crippen LogP contribution in [0.2, 0.25) is 0 Å². The minimum absolute atomic E-state index is 0.107. The van der Waals surface area contributed by atoms with E-state index < -0.39 is 0 Å². The van der Waals surface area contributed by atoms with E-state index in [1.165, 1.54) is 12.1 Å². The minimum Gasteiger partial charge on any atom is -0.445 e. The van der Waals surface area contributed by atoms with Crippen LogP contribution in [-0.2, 0) is 17.6 Å². The molecule has 2 aromatic carbocycles. The van der Waals surface area contributed by atoms with Gasteiger partial charge in [-0.15, -0.1) is 0 Å². The molecule has 0 aliphatic carbocycles. The quantitative estimate of drug-likeness (QED) is 0.746. The Bertz CT molecular complexity index is 842. The number of carbonyl (C=O) groups excluding carboxylic acids is 1. The average molecular weight is 338 g/mol. The van der Waals surface area contributed by atoms with Crippen LogP contribution in [0, 0.1) is 12.7 Å². The maximum atomic E-state index is 12.9. The van der Waals surface area contributed by atoms with E-state index in [0.717, 1.165) is 22.6 Å². The zero-order valence-corrected chi connectivity index (χ0v) is 14.0. The van der Waals surface area contributed by atoms with Crippen molar-refractivity contribution in [1.82, 2.24) is 10.3 Å². The smallest absolute Gasteiger partial charge is 0.224 e. The summed E-state index contributed by atoms with van der Waals surface area (Å²) in [4.78, 5) is 16.4. The molecule has 0 radical (unpaired) electrons. The van der Waals surface area contributed by atoms with Crippen molar-refractivity contribution in [3.8, 4) is 11.3 Å². The normalized spacial score (nSPS) is 10.6. The van der Waals surface area contributed by atoms with E-state index in [9.17, 15) is 9.18 Å². The molecule has 1 N–H and O–H groups in total. The number of aryl methyl sites for hydroxylation is 1. The molecule has 3 aromatic rings. The molecule has 5 heteroatoms. The van der Waals surface area contributed by atoms with Gasteiger partial charge < -0.3 is 9.73 Å². The van der Waals surface area contributed by atoms with Crippen LogP contribution in [0.25, 0.3) is 11.3 Å². The third-order valence-corrected chi connectivity index (χ3v) is 3.80. The Kier molecular flexibility index (Phi) is 5.23. The van der Waals surface area contributed by atoms with Crippen LogP contribution in [0.1, 0.15) is 17.2 Å².